The minimum absolute atomic E-state index is 0.139. The molecule has 0 spiro atoms. The fourth-order valence-electron chi connectivity index (χ4n) is 1.23. The number of rotatable bonds is 4. The van der Waals surface area contributed by atoms with Gasteiger partial charge in [0.15, 0.2) is 0 Å². The number of anilines is 1. The number of nitrogens with zero attached hydrogens (tertiary/aromatic N) is 1. The van der Waals surface area contributed by atoms with Crippen molar-refractivity contribution in [2.24, 2.45) is 0 Å². The molecule has 0 amide bonds. The first-order valence-corrected chi connectivity index (χ1v) is 5.06. The van der Waals surface area contributed by atoms with Crippen LogP contribution in [0.5, 0.6) is 0 Å². The molecular weight excluding hydrogens is 212 g/mol. The first-order chi connectivity index (χ1) is 7.13. The minimum atomic E-state index is -0.634. The molecule has 1 aromatic carbocycles. The number of aliphatic hydroxyl groups excluding tert-OH is 1. The summed E-state index contributed by atoms with van der Waals surface area (Å²) in [5.74, 6) is 0. The van der Waals surface area contributed by atoms with Crippen molar-refractivity contribution in [1.29, 1.82) is 5.26 Å². The van der Waals surface area contributed by atoms with Crippen molar-refractivity contribution >= 4 is 17.3 Å². The molecule has 0 radical (unpaired) electrons. The smallest absolute Gasteiger partial charge is 0.0842 e. The number of nitrogens with one attached hydrogen (secondary N) is 1. The van der Waals surface area contributed by atoms with Crippen LogP contribution in [0.1, 0.15) is 12.0 Å². The topological polar surface area (TPSA) is 56.0 Å². The number of hydrogen-bond acceptors (Lipinski definition) is 3. The summed E-state index contributed by atoms with van der Waals surface area (Å²) in [5.41, 5.74) is 1.95. The highest BCUT2D eigenvalue weighted by molar-refractivity contribution is 6.30. The average Bonchev–Trinajstić information content (AvgIpc) is 2.17. The summed E-state index contributed by atoms with van der Waals surface area (Å²) in [6, 6.07) is 7.41. The lowest BCUT2D eigenvalue weighted by Crippen LogP contribution is -2.19. The molecule has 1 rings (SSSR count). The Hall–Kier alpha value is -1.24. The molecule has 80 valence electrons. The predicted octanol–water partition coefficient (Wildman–Crippen LogP) is 2.33. The summed E-state index contributed by atoms with van der Waals surface area (Å²) in [5, 5.41) is 21.5. The van der Waals surface area contributed by atoms with E-state index in [1.807, 2.05) is 25.1 Å². The number of aliphatic hydroxyl groups is 1. The van der Waals surface area contributed by atoms with Gasteiger partial charge in [-0.05, 0) is 30.7 Å². The summed E-state index contributed by atoms with van der Waals surface area (Å²) < 4.78 is 0. The molecule has 0 fully saturated rings. The van der Waals surface area contributed by atoms with Gasteiger partial charge in [0.25, 0.3) is 0 Å². The highest BCUT2D eigenvalue weighted by Crippen LogP contribution is 2.19. The van der Waals surface area contributed by atoms with Gasteiger partial charge in [-0.15, -0.1) is 0 Å². The molecule has 0 aliphatic carbocycles. The van der Waals surface area contributed by atoms with E-state index in [0.29, 0.717) is 11.6 Å². The molecule has 15 heavy (non-hydrogen) atoms. The third-order valence-corrected chi connectivity index (χ3v) is 2.28. The SMILES string of the molecule is Cc1cc(Cl)ccc1NCC(O)CC#N. The number of hydrogen-bond donors (Lipinski definition) is 2. The van der Waals surface area contributed by atoms with Crippen LogP contribution in [0, 0.1) is 18.3 Å². The lowest BCUT2D eigenvalue weighted by Gasteiger charge is -2.12. The first-order valence-electron chi connectivity index (χ1n) is 4.68. The van der Waals surface area contributed by atoms with Crippen molar-refractivity contribution in [2.45, 2.75) is 19.4 Å². The molecule has 1 unspecified atom stereocenters. The normalized spacial score (nSPS) is 11.9. The van der Waals surface area contributed by atoms with Gasteiger partial charge < -0.3 is 10.4 Å². The van der Waals surface area contributed by atoms with E-state index in [2.05, 4.69) is 5.32 Å². The maximum absolute atomic E-state index is 9.34. The van der Waals surface area contributed by atoms with Gasteiger partial charge in [-0.1, -0.05) is 11.6 Å². The Morgan fingerprint density at radius 3 is 2.93 bits per heavy atom. The zero-order chi connectivity index (χ0) is 11.3. The monoisotopic (exact) mass is 224 g/mol. The number of aryl methyl sites for hydroxylation is 1. The lowest BCUT2D eigenvalue weighted by molar-refractivity contribution is 0.193. The number of benzene rings is 1. The van der Waals surface area contributed by atoms with Crippen molar-refractivity contribution in [3.63, 3.8) is 0 Å². The highest BCUT2D eigenvalue weighted by atomic mass is 35.5. The second-order valence-electron chi connectivity index (χ2n) is 3.36. The van der Waals surface area contributed by atoms with Gasteiger partial charge in [0.05, 0.1) is 18.6 Å². The van der Waals surface area contributed by atoms with Crippen LogP contribution in [0.2, 0.25) is 5.02 Å². The first kappa shape index (κ1) is 11.8. The van der Waals surface area contributed by atoms with Crippen LogP contribution in [-0.2, 0) is 0 Å². The molecule has 0 saturated carbocycles. The number of halogens is 1. The van der Waals surface area contributed by atoms with Gasteiger partial charge >= 0.3 is 0 Å². The molecule has 0 aromatic heterocycles. The minimum Gasteiger partial charge on any atom is -0.390 e. The molecule has 0 aliphatic rings. The molecule has 0 aliphatic heterocycles. The lowest BCUT2D eigenvalue weighted by atomic mass is 10.2. The molecule has 2 N–H and O–H groups in total. The van der Waals surface area contributed by atoms with Crippen LogP contribution in [0.3, 0.4) is 0 Å². The van der Waals surface area contributed by atoms with Gasteiger partial charge in [-0.2, -0.15) is 5.26 Å². The predicted molar refractivity (Wildman–Crippen MR) is 60.9 cm³/mol. The Bertz CT molecular complexity index is 373. The molecule has 1 atom stereocenters. The summed E-state index contributed by atoms with van der Waals surface area (Å²) in [6.45, 7) is 2.31. The zero-order valence-corrected chi connectivity index (χ0v) is 9.25. The van der Waals surface area contributed by atoms with Crippen LogP contribution < -0.4 is 5.32 Å². The quantitative estimate of drug-likeness (QED) is 0.826. The summed E-state index contributed by atoms with van der Waals surface area (Å²) in [4.78, 5) is 0. The Morgan fingerprint density at radius 1 is 1.60 bits per heavy atom. The van der Waals surface area contributed by atoms with Gasteiger partial charge in [0.1, 0.15) is 0 Å². The van der Waals surface area contributed by atoms with Crippen LogP contribution in [-0.4, -0.2) is 17.8 Å². The van der Waals surface area contributed by atoms with E-state index in [9.17, 15) is 5.11 Å². The van der Waals surface area contributed by atoms with E-state index < -0.39 is 6.10 Å². The van der Waals surface area contributed by atoms with Crippen LogP contribution in [0.25, 0.3) is 0 Å². The molecule has 0 saturated heterocycles. The maximum Gasteiger partial charge on any atom is 0.0842 e. The van der Waals surface area contributed by atoms with Gasteiger partial charge in [0.2, 0.25) is 0 Å². The van der Waals surface area contributed by atoms with Crippen molar-refractivity contribution in [3.05, 3.63) is 28.8 Å². The Balaban J connectivity index is 2.55. The standard InChI is InChI=1S/C11H13ClN2O/c1-8-6-9(12)2-3-11(8)14-7-10(15)4-5-13/h2-3,6,10,14-15H,4,7H2,1H3. The van der Waals surface area contributed by atoms with E-state index in [4.69, 9.17) is 16.9 Å². The van der Waals surface area contributed by atoms with Crippen molar-refractivity contribution in [2.75, 3.05) is 11.9 Å². The van der Waals surface area contributed by atoms with Gasteiger partial charge in [0, 0.05) is 17.3 Å². The molecular formula is C11H13ClN2O. The summed E-state index contributed by atoms with van der Waals surface area (Å²) in [7, 11) is 0. The summed E-state index contributed by atoms with van der Waals surface area (Å²) >= 11 is 5.81. The van der Waals surface area contributed by atoms with E-state index >= 15 is 0 Å². The van der Waals surface area contributed by atoms with Gasteiger partial charge in [-0.25, -0.2) is 0 Å². The average molecular weight is 225 g/mol. The van der Waals surface area contributed by atoms with E-state index in [0.717, 1.165) is 11.3 Å². The third kappa shape index (κ3) is 3.78. The van der Waals surface area contributed by atoms with Crippen molar-refractivity contribution in [3.8, 4) is 6.07 Å². The van der Waals surface area contributed by atoms with E-state index in [1.165, 1.54) is 0 Å². The fourth-order valence-corrected chi connectivity index (χ4v) is 1.46. The molecule has 0 heterocycles. The fraction of sp³-hybridized carbons (Fsp3) is 0.364. The molecule has 1 aromatic rings. The zero-order valence-electron chi connectivity index (χ0n) is 8.50. The van der Waals surface area contributed by atoms with E-state index in [1.54, 1.807) is 6.07 Å². The molecule has 3 nitrogen and oxygen atoms in total. The number of nitriles is 1. The second kappa shape index (κ2) is 5.59. The third-order valence-electron chi connectivity index (χ3n) is 2.04. The summed E-state index contributed by atoms with van der Waals surface area (Å²) in [6.07, 6.45) is -0.496. The van der Waals surface area contributed by atoms with E-state index in [-0.39, 0.29) is 6.42 Å². The Morgan fingerprint density at radius 2 is 2.33 bits per heavy atom. The van der Waals surface area contributed by atoms with Crippen molar-refractivity contribution < 1.29 is 5.11 Å². The highest BCUT2D eigenvalue weighted by Gasteiger charge is 2.04. The van der Waals surface area contributed by atoms with Crippen LogP contribution in [0.4, 0.5) is 5.69 Å². The van der Waals surface area contributed by atoms with Crippen LogP contribution >= 0.6 is 11.6 Å². The second-order valence-corrected chi connectivity index (χ2v) is 3.79. The molecule has 4 heteroatoms. The van der Waals surface area contributed by atoms with Crippen LogP contribution in [0.15, 0.2) is 18.2 Å². The largest absolute Gasteiger partial charge is 0.390 e. The Labute approximate surface area is 94.3 Å². The maximum atomic E-state index is 9.34. The van der Waals surface area contributed by atoms with Gasteiger partial charge in [-0.3, -0.25) is 0 Å². The molecule has 0 bridgehead atoms. The van der Waals surface area contributed by atoms with Crippen molar-refractivity contribution in [1.82, 2.24) is 0 Å². The Kier molecular flexibility index (Phi) is 4.41.